The second-order valence-electron chi connectivity index (χ2n) is 15.2. The molecule has 0 saturated carbocycles. The van der Waals surface area contributed by atoms with Crippen LogP contribution < -0.4 is 5.73 Å². The summed E-state index contributed by atoms with van der Waals surface area (Å²) in [6.45, 7) is 15.0. The Labute approximate surface area is 293 Å². The lowest BCUT2D eigenvalue weighted by Crippen LogP contribution is -2.34. The van der Waals surface area contributed by atoms with E-state index in [-0.39, 0.29) is 16.6 Å². The van der Waals surface area contributed by atoms with Gasteiger partial charge in [0.2, 0.25) is 0 Å². The minimum Gasteiger partial charge on any atom is -0.395 e. The van der Waals surface area contributed by atoms with Crippen LogP contribution in [-0.2, 0) is 18.3 Å². The maximum absolute atomic E-state index is 13.2. The lowest BCUT2D eigenvalue weighted by molar-refractivity contribution is -0.0925. The van der Waals surface area contributed by atoms with Crippen LogP contribution in [0.25, 0.3) is 5.82 Å². The number of hydrogen-bond donors (Lipinski definition) is 1. The van der Waals surface area contributed by atoms with Crippen molar-refractivity contribution in [2.24, 2.45) is 21.6 Å². The summed E-state index contributed by atoms with van der Waals surface area (Å²) in [5.74, 6) is 0.931. The molecule has 0 bridgehead atoms. The highest BCUT2D eigenvalue weighted by Crippen LogP contribution is 2.45. The first-order valence-electron chi connectivity index (χ1n) is 16.7. The molecule has 0 saturated heterocycles. The molecule has 260 valence electrons. The largest absolute Gasteiger partial charge is 0.430 e. The molecule has 0 radical (unpaired) electrons. The first-order chi connectivity index (χ1) is 23.4. The third-order valence-corrected chi connectivity index (χ3v) is 8.14. The average molecular weight is 679 g/mol. The highest BCUT2D eigenvalue weighted by molar-refractivity contribution is 5.75. The Morgan fingerprint density at radius 2 is 1.26 bits per heavy atom. The number of hydrogen-bond acceptors (Lipinski definition) is 5. The Balaban J connectivity index is 1.91. The van der Waals surface area contributed by atoms with Gasteiger partial charge >= 0.3 is 6.18 Å². The summed E-state index contributed by atoms with van der Waals surface area (Å²) in [5.41, 5.74) is 8.94. The SMILES string of the molecule is Cc1ccn(-c2cc(CC(C)(C)C)cc(C(c3ccccc3)(c3ccccc3)c3cc(CC(C)(C)C)cc(N=CC=C(N)C(F)(F)F)n3)n2)n1. The number of benzene rings is 2. The molecule has 0 amide bonds. The Morgan fingerprint density at radius 1 is 0.740 bits per heavy atom. The van der Waals surface area contributed by atoms with Crippen LogP contribution in [0.15, 0.2) is 114 Å². The number of pyridine rings is 2. The number of halogens is 3. The second kappa shape index (κ2) is 14.1. The number of allylic oxidation sites excluding steroid dienone is 2. The molecule has 0 spiro atoms. The van der Waals surface area contributed by atoms with Gasteiger partial charge in [0.05, 0.1) is 17.1 Å². The maximum Gasteiger partial charge on any atom is 0.430 e. The Morgan fingerprint density at radius 3 is 1.74 bits per heavy atom. The second-order valence-corrected chi connectivity index (χ2v) is 15.2. The van der Waals surface area contributed by atoms with E-state index in [1.807, 2.05) is 61.7 Å². The zero-order valence-electron chi connectivity index (χ0n) is 29.8. The molecule has 9 heteroatoms. The number of rotatable bonds is 9. The number of aromatic nitrogens is 4. The molecular formula is C41H45F3N6. The van der Waals surface area contributed by atoms with E-state index in [9.17, 15) is 13.2 Å². The third-order valence-electron chi connectivity index (χ3n) is 8.14. The van der Waals surface area contributed by atoms with E-state index in [0.717, 1.165) is 52.4 Å². The Bertz CT molecular complexity index is 1940. The normalized spacial score (nSPS) is 13.3. The van der Waals surface area contributed by atoms with Crippen molar-refractivity contribution in [3.8, 4) is 5.82 Å². The van der Waals surface area contributed by atoms with Crippen LogP contribution >= 0.6 is 0 Å². The van der Waals surface area contributed by atoms with E-state index in [1.54, 1.807) is 4.68 Å². The van der Waals surface area contributed by atoms with E-state index >= 15 is 0 Å². The molecule has 0 aliphatic rings. The van der Waals surface area contributed by atoms with Gasteiger partial charge in [-0.1, -0.05) is 102 Å². The van der Waals surface area contributed by atoms with Crippen molar-refractivity contribution < 1.29 is 13.2 Å². The van der Waals surface area contributed by atoms with Gasteiger partial charge in [-0.15, -0.1) is 0 Å². The van der Waals surface area contributed by atoms with Gasteiger partial charge < -0.3 is 5.73 Å². The fraction of sp³-hybridized carbons (Fsp3) is 0.317. The molecule has 2 aromatic carbocycles. The van der Waals surface area contributed by atoms with Crippen molar-refractivity contribution in [1.29, 1.82) is 0 Å². The third kappa shape index (κ3) is 8.56. The van der Waals surface area contributed by atoms with Crippen LogP contribution in [0.1, 0.15) is 80.9 Å². The fourth-order valence-corrected chi connectivity index (χ4v) is 6.24. The molecule has 0 atom stereocenters. The molecule has 3 aromatic heterocycles. The lowest BCUT2D eigenvalue weighted by Gasteiger charge is -2.36. The molecule has 50 heavy (non-hydrogen) atoms. The Hall–Kier alpha value is -5.05. The van der Waals surface area contributed by atoms with Crippen molar-refractivity contribution in [2.45, 2.75) is 72.9 Å². The quantitative estimate of drug-likeness (QED) is 0.158. The minimum atomic E-state index is -4.66. The molecule has 2 N–H and O–H groups in total. The predicted octanol–water partition coefficient (Wildman–Crippen LogP) is 9.64. The first kappa shape index (κ1) is 36.2. The standard InChI is InChI=1S/C41H45F3N6/c1-28-19-21-50(49-28)37-25-30(27-39(5,6)7)23-35(48-37)40(31-14-10-8-11-15-31,32-16-12-9-13-17-32)34-22-29(26-38(2,3)4)24-36(47-34)46-20-18-33(45)41(42,43)44/h8-25H,26-27,45H2,1-7H3. The molecule has 0 aliphatic heterocycles. The molecule has 0 unspecified atom stereocenters. The summed E-state index contributed by atoms with van der Waals surface area (Å²) >= 11 is 0. The Kier molecular flexibility index (Phi) is 10.2. The zero-order chi connectivity index (χ0) is 36.3. The van der Waals surface area contributed by atoms with Crippen molar-refractivity contribution in [2.75, 3.05) is 0 Å². The molecule has 6 nitrogen and oxygen atoms in total. The van der Waals surface area contributed by atoms with E-state index in [2.05, 4.69) is 89.0 Å². The van der Waals surface area contributed by atoms with Crippen molar-refractivity contribution in [3.05, 3.63) is 148 Å². The van der Waals surface area contributed by atoms with E-state index in [4.69, 9.17) is 20.8 Å². The number of aliphatic imine (C=N–C) groups is 1. The summed E-state index contributed by atoms with van der Waals surface area (Å²) in [6.07, 6.45) is 0.501. The van der Waals surface area contributed by atoms with Crippen molar-refractivity contribution in [1.82, 2.24) is 19.7 Å². The summed E-state index contributed by atoms with van der Waals surface area (Å²) in [4.78, 5) is 14.9. The topological polar surface area (TPSA) is 82.0 Å². The van der Waals surface area contributed by atoms with Crippen LogP contribution in [0.3, 0.4) is 0 Å². The molecule has 0 aliphatic carbocycles. The van der Waals surface area contributed by atoms with E-state index in [0.29, 0.717) is 17.9 Å². The van der Waals surface area contributed by atoms with Gasteiger partial charge in [0, 0.05) is 12.4 Å². The first-order valence-corrected chi connectivity index (χ1v) is 16.7. The molecular weight excluding hydrogens is 633 g/mol. The van der Waals surface area contributed by atoms with Crippen molar-refractivity contribution in [3.63, 3.8) is 0 Å². The van der Waals surface area contributed by atoms with Gasteiger partial charge in [0.1, 0.15) is 11.1 Å². The minimum absolute atomic E-state index is 0.0311. The van der Waals surface area contributed by atoms with Gasteiger partial charge in [-0.3, -0.25) is 0 Å². The lowest BCUT2D eigenvalue weighted by atomic mass is 9.68. The van der Waals surface area contributed by atoms with Crippen LogP contribution in [0.5, 0.6) is 0 Å². The average Bonchev–Trinajstić information content (AvgIpc) is 3.46. The van der Waals surface area contributed by atoms with Gasteiger partial charge in [-0.25, -0.2) is 19.6 Å². The summed E-state index contributed by atoms with van der Waals surface area (Å²) in [6, 6.07) is 30.3. The number of aryl methyl sites for hydroxylation is 1. The smallest absolute Gasteiger partial charge is 0.395 e. The predicted molar refractivity (Wildman–Crippen MR) is 195 cm³/mol. The highest BCUT2D eigenvalue weighted by atomic mass is 19.4. The van der Waals surface area contributed by atoms with Crippen molar-refractivity contribution >= 4 is 12.0 Å². The molecule has 5 aromatic rings. The van der Waals surface area contributed by atoms with Crippen LogP contribution in [0, 0.1) is 17.8 Å². The van der Waals surface area contributed by atoms with Gasteiger partial charge in [-0.2, -0.15) is 18.3 Å². The number of nitrogens with two attached hydrogens (primary N) is 1. The molecule has 3 heterocycles. The van der Waals surface area contributed by atoms with Gasteiger partial charge in [0.15, 0.2) is 11.6 Å². The molecule has 5 rings (SSSR count). The van der Waals surface area contributed by atoms with Gasteiger partial charge in [0.25, 0.3) is 0 Å². The summed E-state index contributed by atoms with van der Waals surface area (Å²) in [7, 11) is 0. The van der Waals surface area contributed by atoms with E-state index in [1.165, 1.54) is 0 Å². The van der Waals surface area contributed by atoms with Crippen LogP contribution in [-0.4, -0.2) is 32.1 Å². The highest BCUT2D eigenvalue weighted by Gasteiger charge is 2.42. The maximum atomic E-state index is 13.2. The number of nitrogens with zero attached hydrogens (tertiary/aromatic N) is 5. The van der Waals surface area contributed by atoms with Crippen LogP contribution in [0.4, 0.5) is 19.0 Å². The molecule has 0 fully saturated rings. The van der Waals surface area contributed by atoms with E-state index < -0.39 is 17.3 Å². The van der Waals surface area contributed by atoms with Gasteiger partial charge in [-0.05, 0) is 89.3 Å². The summed E-state index contributed by atoms with van der Waals surface area (Å²) in [5, 5.41) is 4.72. The monoisotopic (exact) mass is 678 g/mol. The number of alkyl halides is 3. The fourth-order valence-electron chi connectivity index (χ4n) is 6.24. The van der Waals surface area contributed by atoms with Crippen LogP contribution in [0.2, 0.25) is 0 Å². The zero-order valence-corrected chi connectivity index (χ0v) is 29.8. The summed E-state index contributed by atoms with van der Waals surface area (Å²) < 4.78 is 41.4.